The number of rotatable bonds is 4. The average molecular weight is 186 g/mol. The Balaban J connectivity index is 2.68. The quantitative estimate of drug-likeness (QED) is 0.692. The van der Waals surface area contributed by atoms with E-state index >= 15 is 0 Å². The summed E-state index contributed by atoms with van der Waals surface area (Å²) in [5, 5.41) is 2.47. The summed E-state index contributed by atoms with van der Waals surface area (Å²) in [5.41, 5.74) is 5.79. The fourth-order valence-electron chi connectivity index (χ4n) is 0.738. The van der Waals surface area contributed by atoms with Crippen LogP contribution < -0.4 is 5.73 Å². The highest BCUT2D eigenvalue weighted by Crippen LogP contribution is 2.09. The van der Waals surface area contributed by atoms with Crippen molar-refractivity contribution in [3.63, 3.8) is 0 Å². The van der Waals surface area contributed by atoms with Gasteiger partial charge in [-0.3, -0.25) is 4.79 Å². The molecule has 12 heavy (non-hydrogen) atoms. The maximum absolute atomic E-state index is 11.2. The molecule has 1 rings (SSSR count). The van der Waals surface area contributed by atoms with Gasteiger partial charge in [0.2, 0.25) is 5.78 Å². The number of Topliss-reactive ketones (excluding diaryl/α,β-unsaturated/α-hetero) is 1. The van der Waals surface area contributed by atoms with Crippen LogP contribution >= 0.6 is 11.3 Å². The lowest BCUT2D eigenvalue weighted by atomic mass is 10.3. The van der Waals surface area contributed by atoms with Gasteiger partial charge in [0.15, 0.2) is 0 Å². The van der Waals surface area contributed by atoms with Crippen LogP contribution in [-0.4, -0.2) is 24.5 Å². The van der Waals surface area contributed by atoms with Gasteiger partial charge in [-0.1, -0.05) is 0 Å². The molecule has 0 aliphatic heterocycles. The van der Waals surface area contributed by atoms with Crippen molar-refractivity contribution in [3.8, 4) is 0 Å². The predicted molar refractivity (Wildman–Crippen MR) is 46.2 cm³/mol. The molecule has 2 N–H and O–H groups in total. The fraction of sp³-hybridized carbons (Fsp3) is 0.429. The summed E-state index contributed by atoms with van der Waals surface area (Å²) in [7, 11) is 1.48. The van der Waals surface area contributed by atoms with Crippen LogP contribution in [0.5, 0.6) is 0 Å². The summed E-state index contributed by atoms with van der Waals surface area (Å²) < 4.78 is 4.68. The zero-order chi connectivity index (χ0) is 8.97. The largest absolute Gasteiger partial charge is 0.376 e. The molecular weight excluding hydrogens is 176 g/mol. The van der Waals surface area contributed by atoms with Crippen LogP contribution in [0.25, 0.3) is 0 Å². The van der Waals surface area contributed by atoms with E-state index in [0.717, 1.165) is 5.01 Å². The van der Waals surface area contributed by atoms with Crippen molar-refractivity contribution >= 4 is 17.1 Å². The van der Waals surface area contributed by atoms with E-state index in [1.165, 1.54) is 18.4 Å². The number of nitrogens with two attached hydrogens (primary N) is 1. The average Bonchev–Trinajstić information content (AvgIpc) is 2.52. The lowest BCUT2D eigenvalue weighted by Crippen LogP contribution is -2.07. The first-order chi connectivity index (χ1) is 5.77. The highest BCUT2D eigenvalue weighted by molar-refractivity contribution is 7.09. The number of methoxy groups -OCH3 is 1. The second kappa shape index (κ2) is 4.30. The van der Waals surface area contributed by atoms with Crippen LogP contribution in [0.15, 0.2) is 5.38 Å². The van der Waals surface area contributed by atoms with Crippen molar-refractivity contribution in [1.82, 2.24) is 4.98 Å². The molecule has 0 unspecified atom stereocenters. The zero-order valence-corrected chi connectivity index (χ0v) is 7.56. The number of nitrogens with zero attached hydrogens (tertiary/aromatic N) is 1. The van der Waals surface area contributed by atoms with Gasteiger partial charge in [0.25, 0.3) is 0 Å². The van der Waals surface area contributed by atoms with Gasteiger partial charge in [-0.25, -0.2) is 4.98 Å². The van der Waals surface area contributed by atoms with Crippen LogP contribution in [0.2, 0.25) is 0 Å². The molecule has 4 nitrogen and oxygen atoms in total. The molecule has 0 saturated carbocycles. The molecule has 1 heterocycles. The Bertz CT molecular complexity index is 272. The normalized spacial score (nSPS) is 10.2. The predicted octanol–water partition coefficient (Wildman–Crippen LogP) is 0.431. The molecule has 0 amide bonds. The summed E-state index contributed by atoms with van der Waals surface area (Å²) in [5.74, 6) is -0.103. The Hall–Kier alpha value is -0.780. The SMILES string of the molecule is COCC(=O)c1csc(CN)n1. The first-order valence-corrected chi connectivity index (χ1v) is 4.32. The Morgan fingerprint density at radius 3 is 3.08 bits per heavy atom. The van der Waals surface area contributed by atoms with E-state index in [2.05, 4.69) is 9.72 Å². The molecule has 0 aliphatic carbocycles. The van der Waals surface area contributed by atoms with Gasteiger partial charge >= 0.3 is 0 Å². The molecule has 0 saturated heterocycles. The maximum atomic E-state index is 11.2. The van der Waals surface area contributed by atoms with Crippen molar-refractivity contribution < 1.29 is 9.53 Å². The number of hydrogen-bond acceptors (Lipinski definition) is 5. The van der Waals surface area contributed by atoms with E-state index in [4.69, 9.17) is 5.73 Å². The molecule has 1 aromatic heterocycles. The van der Waals surface area contributed by atoms with Gasteiger partial charge in [0.1, 0.15) is 17.3 Å². The topological polar surface area (TPSA) is 65.2 Å². The molecule has 0 aromatic carbocycles. The molecule has 0 fully saturated rings. The van der Waals surface area contributed by atoms with Gasteiger partial charge < -0.3 is 10.5 Å². The lowest BCUT2D eigenvalue weighted by molar-refractivity contribution is 0.0843. The van der Waals surface area contributed by atoms with Crippen LogP contribution in [0.4, 0.5) is 0 Å². The van der Waals surface area contributed by atoms with E-state index in [-0.39, 0.29) is 12.4 Å². The zero-order valence-electron chi connectivity index (χ0n) is 6.74. The Morgan fingerprint density at radius 2 is 2.58 bits per heavy atom. The van der Waals surface area contributed by atoms with Gasteiger partial charge in [0.05, 0.1) is 0 Å². The molecular formula is C7H10N2O2S. The Labute approximate surface area is 74.4 Å². The number of hydrogen-bond donors (Lipinski definition) is 1. The van der Waals surface area contributed by atoms with E-state index in [0.29, 0.717) is 12.2 Å². The van der Waals surface area contributed by atoms with Crippen LogP contribution in [-0.2, 0) is 11.3 Å². The highest BCUT2D eigenvalue weighted by atomic mass is 32.1. The summed E-state index contributed by atoms with van der Waals surface area (Å²) in [4.78, 5) is 15.2. The first-order valence-electron chi connectivity index (χ1n) is 3.44. The summed E-state index contributed by atoms with van der Waals surface area (Å²) in [6.07, 6.45) is 0. The molecule has 0 spiro atoms. The van der Waals surface area contributed by atoms with Gasteiger partial charge in [-0.2, -0.15) is 0 Å². The minimum absolute atomic E-state index is 0.0771. The molecule has 1 aromatic rings. The second-order valence-corrected chi connectivity index (χ2v) is 3.13. The highest BCUT2D eigenvalue weighted by Gasteiger charge is 2.08. The summed E-state index contributed by atoms with van der Waals surface area (Å²) in [6, 6.07) is 0. The van der Waals surface area contributed by atoms with Crippen molar-refractivity contribution in [2.75, 3.05) is 13.7 Å². The Morgan fingerprint density at radius 1 is 1.83 bits per heavy atom. The third-order valence-electron chi connectivity index (χ3n) is 1.29. The van der Waals surface area contributed by atoms with Crippen LogP contribution in [0.1, 0.15) is 15.5 Å². The van der Waals surface area contributed by atoms with Crippen molar-refractivity contribution in [3.05, 3.63) is 16.1 Å². The van der Waals surface area contributed by atoms with Crippen LogP contribution in [0.3, 0.4) is 0 Å². The van der Waals surface area contributed by atoms with Gasteiger partial charge in [0, 0.05) is 19.0 Å². The standard InChI is InChI=1S/C7H10N2O2S/c1-11-3-6(10)5-4-12-7(2-8)9-5/h4H,2-3,8H2,1H3. The monoisotopic (exact) mass is 186 g/mol. The molecule has 5 heteroatoms. The number of carbonyl (C=O) groups is 1. The maximum Gasteiger partial charge on any atom is 0.207 e. The minimum Gasteiger partial charge on any atom is -0.376 e. The van der Waals surface area contributed by atoms with Gasteiger partial charge in [-0.15, -0.1) is 11.3 Å². The smallest absolute Gasteiger partial charge is 0.207 e. The second-order valence-electron chi connectivity index (χ2n) is 2.19. The fourth-order valence-corrected chi connectivity index (χ4v) is 1.42. The molecule has 0 atom stereocenters. The number of carbonyl (C=O) groups excluding carboxylic acids is 1. The number of aromatic nitrogens is 1. The minimum atomic E-state index is -0.103. The van der Waals surface area contributed by atoms with E-state index in [9.17, 15) is 4.79 Å². The van der Waals surface area contributed by atoms with Crippen LogP contribution in [0, 0.1) is 0 Å². The lowest BCUT2D eigenvalue weighted by Gasteiger charge is -1.92. The summed E-state index contributed by atoms with van der Waals surface area (Å²) in [6.45, 7) is 0.457. The third kappa shape index (κ3) is 2.10. The van der Waals surface area contributed by atoms with Crippen molar-refractivity contribution in [1.29, 1.82) is 0 Å². The van der Waals surface area contributed by atoms with Crippen molar-refractivity contribution in [2.24, 2.45) is 5.73 Å². The molecule has 0 aliphatic rings. The third-order valence-corrected chi connectivity index (χ3v) is 2.16. The summed E-state index contributed by atoms with van der Waals surface area (Å²) >= 11 is 1.39. The van der Waals surface area contributed by atoms with Crippen molar-refractivity contribution in [2.45, 2.75) is 6.54 Å². The number of thiazole rings is 1. The molecule has 66 valence electrons. The molecule has 0 radical (unpaired) electrons. The Kier molecular flexibility index (Phi) is 3.33. The number of ketones is 1. The number of ether oxygens (including phenoxy) is 1. The van der Waals surface area contributed by atoms with E-state index < -0.39 is 0 Å². The van der Waals surface area contributed by atoms with E-state index in [1.54, 1.807) is 5.38 Å². The molecule has 0 bridgehead atoms. The van der Waals surface area contributed by atoms with E-state index in [1.807, 2.05) is 0 Å². The van der Waals surface area contributed by atoms with Gasteiger partial charge in [-0.05, 0) is 0 Å². The first kappa shape index (κ1) is 9.31.